The molecule has 0 bridgehead atoms. The number of fused-ring (bicyclic) bond motifs is 1. The second-order valence-corrected chi connectivity index (χ2v) is 11.9. The van der Waals surface area contributed by atoms with Crippen LogP contribution in [0.1, 0.15) is 46.1 Å². The van der Waals surface area contributed by atoms with Gasteiger partial charge in [0.05, 0.1) is 11.1 Å². The third-order valence-electron chi connectivity index (χ3n) is 7.41. The number of alkyl halides is 3. The maximum absolute atomic E-state index is 13.2. The van der Waals surface area contributed by atoms with Crippen LogP contribution in [-0.2, 0) is 12.1 Å². The lowest BCUT2D eigenvalue weighted by Crippen LogP contribution is -2.67. The fourth-order valence-electron chi connectivity index (χ4n) is 6.16. The number of furan rings is 1. The van der Waals surface area contributed by atoms with Crippen molar-refractivity contribution in [3.63, 3.8) is 0 Å². The van der Waals surface area contributed by atoms with Gasteiger partial charge in [-0.2, -0.15) is 13.2 Å². The molecule has 11 heteroatoms. The molecule has 2 N–H and O–H groups in total. The average Bonchev–Trinajstić information content (AvgIpc) is 3.24. The quantitative estimate of drug-likeness (QED) is 0.288. The fraction of sp³-hybridized carbons (Fsp3) is 0.367. The molecule has 0 unspecified atom stereocenters. The number of hydrogen-bond acceptors (Lipinski definition) is 5. The Kier molecular flexibility index (Phi) is 6.56. The second kappa shape index (κ2) is 9.47. The Morgan fingerprint density at radius 3 is 2.17 bits per heavy atom. The van der Waals surface area contributed by atoms with E-state index in [-0.39, 0.29) is 29.7 Å². The largest absolute Gasteiger partial charge is 0.465 e. The van der Waals surface area contributed by atoms with Crippen LogP contribution in [0.2, 0.25) is 0 Å². The van der Waals surface area contributed by atoms with E-state index in [0.717, 1.165) is 6.33 Å². The van der Waals surface area contributed by atoms with Gasteiger partial charge in [-0.05, 0) is 38.8 Å². The first-order chi connectivity index (χ1) is 19.0. The molecule has 1 aliphatic rings. The van der Waals surface area contributed by atoms with Crippen LogP contribution in [0, 0.1) is 0 Å². The average molecular weight is 570 g/mol. The summed E-state index contributed by atoms with van der Waals surface area (Å²) < 4.78 is 45.9. The van der Waals surface area contributed by atoms with E-state index < -0.39 is 41.1 Å². The molecule has 2 aromatic carbocycles. The van der Waals surface area contributed by atoms with Gasteiger partial charge in [-0.25, -0.2) is 9.78 Å². The lowest BCUT2D eigenvalue weighted by atomic mass is 9.60. The number of amides is 1. The van der Waals surface area contributed by atoms with Crippen LogP contribution in [0.5, 0.6) is 0 Å². The molecule has 1 saturated carbocycles. The van der Waals surface area contributed by atoms with Gasteiger partial charge in [0.2, 0.25) is 5.71 Å². The lowest BCUT2D eigenvalue weighted by molar-refractivity contribution is -0.152. The van der Waals surface area contributed by atoms with E-state index >= 15 is 0 Å². The molecular weight excluding hydrogens is 539 g/mol. The molecule has 0 radical (unpaired) electrons. The zero-order valence-electron chi connectivity index (χ0n) is 23.0. The van der Waals surface area contributed by atoms with Crippen molar-refractivity contribution in [2.24, 2.45) is 0 Å². The maximum Gasteiger partial charge on any atom is 0.408 e. The summed E-state index contributed by atoms with van der Waals surface area (Å²) in [4.78, 5) is 31.1. The highest BCUT2D eigenvalue weighted by Gasteiger charge is 2.59. The fourth-order valence-corrected chi connectivity index (χ4v) is 6.16. The van der Waals surface area contributed by atoms with Gasteiger partial charge in [0.1, 0.15) is 24.0 Å². The van der Waals surface area contributed by atoms with E-state index in [4.69, 9.17) is 4.42 Å². The second-order valence-electron chi connectivity index (χ2n) is 11.9. The lowest BCUT2D eigenvalue weighted by Gasteiger charge is -2.60. The molecule has 0 aliphatic heterocycles. The molecule has 216 valence electrons. The summed E-state index contributed by atoms with van der Waals surface area (Å²) in [5.74, 6) is 0.243. The highest BCUT2D eigenvalue weighted by atomic mass is 19.4. The Balaban J connectivity index is 1.67. The van der Waals surface area contributed by atoms with E-state index in [1.165, 1.54) is 4.90 Å². The number of halogens is 3. The van der Waals surface area contributed by atoms with E-state index in [2.05, 4.69) is 4.98 Å². The Labute approximate surface area is 233 Å². The molecule has 1 aliphatic carbocycles. The third kappa shape index (κ3) is 5.10. The van der Waals surface area contributed by atoms with Crippen molar-refractivity contribution in [3.8, 4) is 22.5 Å². The van der Waals surface area contributed by atoms with Crippen molar-refractivity contribution < 1.29 is 32.6 Å². The number of carbonyl (C=O) groups is 1. The predicted molar refractivity (Wildman–Crippen MR) is 146 cm³/mol. The molecule has 0 spiro atoms. The molecule has 0 saturated heterocycles. The Hall–Kier alpha value is -4.12. The van der Waals surface area contributed by atoms with Crippen molar-refractivity contribution in [1.29, 1.82) is 0 Å². The SMILES string of the molecule is CC1(O)CC(c2ccc(-c3oc4ncn(CC(F)(F)F)c(=O)c4c3-c3ccccc3)cc2)(N(C(=O)O)C(C)(C)C)C1. The molecule has 2 aromatic heterocycles. The number of benzene rings is 2. The summed E-state index contributed by atoms with van der Waals surface area (Å²) in [6.45, 7) is 5.56. The molecule has 4 aromatic rings. The van der Waals surface area contributed by atoms with Gasteiger partial charge in [0, 0.05) is 29.5 Å². The predicted octanol–water partition coefficient (Wildman–Crippen LogP) is 6.40. The van der Waals surface area contributed by atoms with Crippen LogP contribution in [0.4, 0.5) is 18.0 Å². The first-order valence-electron chi connectivity index (χ1n) is 13.0. The Morgan fingerprint density at radius 2 is 1.66 bits per heavy atom. The van der Waals surface area contributed by atoms with Gasteiger partial charge < -0.3 is 14.6 Å². The molecule has 0 atom stereocenters. The molecule has 1 fully saturated rings. The minimum Gasteiger partial charge on any atom is -0.465 e. The maximum atomic E-state index is 13.2. The molecule has 5 rings (SSSR count). The highest BCUT2D eigenvalue weighted by molar-refractivity contribution is 5.99. The summed E-state index contributed by atoms with van der Waals surface area (Å²) in [5.41, 5.74) is -1.69. The summed E-state index contributed by atoms with van der Waals surface area (Å²) in [7, 11) is 0. The summed E-state index contributed by atoms with van der Waals surface area (Å²) in [5, 5.41) is 20.7. The van der Waals surface area contributed by atoms with Crippen LogP contribution in [0.3, 0.4) is 0 Å². The van der Waals surface area contributed by atoms with Gasteiger partial charge in [0.25, 0.3) is 5.56 Å². The van der Waals surface area contributed by atoms with Crippen molar-refractivity contribution >= 4 is 17.2 Å². The normalized spacial score (nSPS) is 21.1. The van der Waals surface area contributed by atoms with E-state index in [1.54, 1.807) is 82.3 Å². The van der Waals surface area contributed by atoms with Crippen LogP contribution < -0.4 is 5.56 Å². The topological polar surface area (TPSA) is 109 Å². The number of aromatic nitrogens is 2. The van der Waals surface area contributed by atoms with Crippen LogP contribution in [0.15, 0.2) is 70.1 Å². The number of aliphatic hydroxyl groups is 1. The van der Waals surface area contributed by atoms with E-state index in [9.17, 15) is 33.0 Å². The van der Waals surface area contributed by atoms with Crippen LogP contribution >= 0.6 is 0 Å². The standard InChI is InChI=1S/C30H30F3N3O5/c1-27(2,3)36(26(38)39)29(14-28(4,40)15-29)20-12-10-19(11-13-20)23-21(18-8-6-5-7-9-18)22-24(41-23)34-17-35(25(22)37)16-30(31,32)33/h5-13,17,40H,14-16H2,1-4H3,(H,38,39). The number of rotatable bonds is 5. The zero-order valence-corrected chi connectivity index (χ0v) is 23.0. The smallest absolute Gasteiger partial charge is 0.408 e. The van der Waals surface area contributed by atoms with Gasteiger partial charge in [-0.3, -0.25) is 14.3 Å². The third-order valence-corrected chi connectivity index (χ3v) is 7.41. The molecule has 2 heterocycles. The molecule has 8 nitrogen and oxygen atoms in total. The highest BCUT2D eigenvalue weighted by Crippen LogP contribution is 2.54. The van der Waals surface area contributed by atoms with E-state index in [1.807, 2.05) is 0 Å². The van der Waals surface area contributed by atoms with Crippen molar-refractivity contribution in [3.05, 3.63) is 76.8 Å². The Morgan fingerprint density at radius 1 is 1.05 bits per heavy atom. The minimum atomic E-state index is -4.62. The van der Waals surface area contributed by atoms with Gasteiger partial charge >= 0.3 is 12.3 Å². The molecular formula is C30H30F3N3O5. The number of nitrogens with zero attached hydrogens (tertiary/aromatic N) is 3. The minimum absolute atomic E-state index is 0.0710. The van der Waals surface area contributed by atoms with Crippen molar-refractivity contribution in [2.45, 2.75) is 69.9 Å². The first-order valence-corrected chi connectivity index (χ1v) is 13.0. The van der Waals surface area contributed by atoms with Crippen LogP contribution in [-0.4, -0.2) is 48.1 Å². The van der Waals surface area contributed by atoms with Gasteiger partial charge in [0.15, 0.2) is 0 Å². The number of carboxylic acid groups (broad SMARTS) is 1. The molecule has 1 amide bonds. The van der Waals surface area contributed by atoms with Crippen molar-refractivity contribution in [2.75, 3.05) is 0 Å². The molecule has 41 heavy (non-hydrogen) atoms. The van der Waals surface area contributed by atoms with Crippen molar-refractivity contribution in [1.82, 2.24) is 14.5 Å². The summed E-state index contributed by atoms with van der Waals surface area (Å²) in [6.07, 6.45) is -4.51. The first kappa shape index (κ1) is 28.4. The van der Waals surface area contributed by atoms with E-state index in [0.29, 0.717) is 26.8 Å². The van der Waals surface area contributed by atoms with Gasteiger partial charge in [-0.15, -0.1) is 0 Å². The summed E-state index contributed by atoms with van der Waals surface area (Å²) in [6, 6.07) is 15.6. The van der Waals surface area contributed by atoms with Crippen LogP contribution in [0.25, 0.3) is 33.6 Å². The summed E-state index contributed by atoms with van der Waals surface area (Å²) >= 11 is 0. The number of hydrogen-bond donors (Lipinski definition) is 2. The van der Waals surface area contributed by atoms with Gasteiger partial charge in [-0.1, -0.05) is 54.6 Å². The zero-order chi connectivity index (χ0) is 30.0. The monoisotopic (exact) mass is 569 g/mol. The Bertz CT molecular complexity index is 1660.